The van der Waals surface area contributed by atoms with Crippen molar-refractivity contribution in [1.82, 2.24) is 0 Å². The zero-order valence-electron chi connectivity index (χ0n) is 9.64. The lowest BCUT2D eigenvalue weighted by atomic mass is 9.72. The molecule has 0 bridgehead atoms. The summed E-state index contributed by atoms with van der Waals surface area (Å²) in [4.78, 5) is 0. The first-order chi connectivity index (χ1) is 6.19. The van der Waals surface area contributed by atoms with Gasteiger partial charge < -0.3 is 0 Å². The summed E-state index contributed by atoms with van der Waals surface area (Å²) in [6, 6.07) is 0. The molecule has 0 nitrogen and oxygen atoms in total. The van der Waals surface area contributed by atoms with E-state index in [0.717, 1.165) is 17.8 Å². The van der Waals surface area contributed by atoms with Gasteiger partial charge in [-0.3, -0.25) is 0 Å². The fourth-order valence-electron chi connectivity index (χ4n) is 2.08. The Labute approximate surface area is 83.4 Å². The molecule has 0 aromatic carbocycles. The average molecular weight is 180 g/mol. The Bertz CT molecular complexity index is 178. The molecular formula is C13H24. The summed E-state index contributed by atoms with van der Waals surface area (Å²) in [7, 11) is 0. The van der Waals surface area contributed by atoms with Crippen molar-refractivity contribution >= 4 is 0 Å². The molecule has 0 amide bonds. The second-order valence-corrected chi connectivity index (χ2v) is 4.72. The van der Waals surface area contributed by atoms with Crippen molar-refractivity contribution in [3.63, 3.8) is 0 Å². The SMILES string of the molecule is CCC(C)CC1=CCC1C(C)CC. The third-order valence-corrected chi connectivity index (χ3v) is 3.72. The fourth-order valence-corrected chi connectivity index (χ4v) is 2.08. The molecule has 0 spiro atoms. The first-order valence-corrected chi connectivity index (χ1v) is 5.87. The Morgan fingerprint density at radius 3 is 2.38 bits per heavy atom. The molecule has 0 radical (unpaired) electrons. The van der Waals surface area contributed by atoms with Crippen molar-refractivity contribution < 1.29 is 0 Å². The molecule has 0 heterocycles. The van der Waals surface area contributed by atoms with Gasteiger partial charge in [-0.1, -0.05) is 52.2 Å². The zero-order valence-corrected chi connectivity index (χ0v) is 9.64. The minimum atomic E-state index is 0.887. The molecule has 76 valence electrons. The van der Waals surface area contributed by atoms with Crippen LogP contribution in [0.2, 0.25) is 0 Å². The van der Waals surface area contributed by atoms with E-state index in [1.807, 2.05) is 0 Å². The predicted octanol–water partition coefficient (Wildman–Crippen LogP) is 4.42. The first kappa shape index (κ1) is 10.8. The van der Waals surface area contributed by atoms with Crippen molar-refractivity contribution in [3.05, 3.63) is 11.6 Å². The highest BCUT2D eigenvalue weighted by Gasteiger charge is 2.26. The molecule has 0 aromatic rings. The van der Waals surface area contributed by atoms with E-state index in [0.29, 0.717) is 0 Å². The van der Waals surface area contributed by atoms with Gasteiger partial charge in [-0.2, -0.15) is 0 Å². The number of hydrogen-bond donors (Lipinski definition) is 0. The second-order valence-electron chi connectivity index (χ2n) is 4.72. The Balaban J connectivity index is 2.36. The molecule has 3 unspecified atom stereocenters. The highest BCUT2D eigenvalue weighted by Crippen LogP contribution is 2.38. The van der Waals surface area contributed by atoms with E-state index in [-0.39, 0.29) is 0 Å². The van der Waals surface area contributed by atoms with Crippen LogP contribution in [0.1, 0.15) is 53.4 Å². The van der Waals surface area contributed by atoms with Gasteiger partial charge in [0.15, 0.2) is 0 Å². The van der Waals surface area contributed by atoms with Gasteiger partial charge in [-0.05, 0) is 30.6 Å². The highest BCUT2D eigenvalue weighted by atomic mass is 14.3. The van der Waals surface area contributed by atoms with E-state index >= 15 is 0 Å². The third kappa shape index (κ3) is 2.59. The van der Waals surface area contributed by atoms with Crippen LogP contribution < -0.4 is 0 Å². The van der Waals surface area contributed by atoms with E-state index in [9.17, 15) is 0 Å². The van der Waals surface area contributed by atoms with E-state index < -0.39 is 0 Å². The quantitative estimate of drug-likeness (QED) is 0.550. The minimum absolute atomic E-state index is 0.887. The standard InChI is InChI=1S/C13H24/c1-5-10(3)9-12-7-8-13(12)11(4)6-2/h7,10-11,13H,5-6,8-9H2,1-4H3. The van der Waals surface area contributed by atoms with Crippen molar-refractivity contribution in [2.24, 2.45) is 17.8 Å². The maximum Gasteiger partial charge on any atom is -0.0143 e. The van der Waals surface area contributed by atoms with Crippen LogP contribution in [0.15, 0.2) is 11.6 Å². The normalized spacial score (nSPS) is 26.2. The zero-order chi connectivity index (χ0) is 9.84. The van der Waals surface area contributed by atoms with Gasteiger partial charge in [-0.15, -0.1) is 0 Å². The number of rotatable bonds is 5. The molecule has 13 heavy (non-hydrogen) atoms. The summed E-state index contributed by atoms with van der Waals surface area (Å²) in [5.74, 6) is 2.72. The largest absolute Gasteiger partial charge is 0.0844 e. The maximum absolute atomic E-state index is 2.46. The second kappa shape index (κ2) is 4.83. The van der Waals surface area contributed by atoms with Crippen LogP contribution in [0.4, 0.5) is 0 Å². The summed E-state index contributed by atoms with van der Waals surface area (Å²) >= 11 is 0. The maximum atomic E-state index is 2.46. The molecule has 0 aliphatic heterocycles. The third-order valence-electron chi connectivity index (χ3n) is 3.72. The summed E-state index contributed by atoms with van der Waals surface area (Å²) in [6.07, 6.45) is 7.82. The summed E-state index contributed by atoms with van der Waals surface area (Å²) in [5.41, 5.74) is 1.75. The summed E-state index contributed by atoms with van der Waals surface area (Å²) < 4.78 is 0. The topological polar surface area (TPSA) is 0 Å². The molecule has 1 aliphatic rings. The molecule has 1 aliphatic carbocycles. The molecule has 0 N–H and O–H groups in total. The van der Waals surface area contributed by atoms with Crippen molar-refractivity contribution in [1.29, 1.82) is 0 Å². The first-order valence-electron chi connectivity index (χ1n) is 5.87. The Hall–Kier alpha value is -0.260. The summed E-state index contributed by atoms with van der Waals surface area (Å²) in [5, 5.41) is 0. The van der Waals surface area contributed by atoms with Crippen LogP contribution in [0, 0.1) is 17.8 Å². The van der Waals surface area contributed by atoms with Crippen molar-refractivity contribution in [2.75, 3.05) is 0 Å². The lowest BCUT2D eigenvalue weighted by Crippen LogP contribution is -2.21. The lowest BCUT2D eigenvalue weighted by molar-refractivity contribution is 0.344. The molecule has 0 saturated heterocycles. The molecule has 3 atom stereocenters. The van der Waals surface area contributed by atoms with Crippen LogP contribution in [0.3, 0.4) is 0 Å². The van der Waals surface area contributed by atoms with E-state index in [2.05, 4.69) is 33.8 Å². The monoisotopic (exact) mass is 180 g/mol. The highest BCUT2D eigenvalue weighted by molar-refractivity contribution is 5.19. The lowest BCUT2D eigenvalue weighted by Gasteiger charge is -2.33. The van der Waals surface area contributed by atoms with Gasteiger partial charge in [0.1, 0.15) is 0 Å². The van der Waals surface area contributed by atoms with Crippen LogP contribution >= 0.6 is 0 Å². The van der Waals surface area contributed by atoms with Crippen LogP contribution in [-0.4, -0.2) is 0 Å². The molecule has 0 fully saturated rings. The Kier molecular flexibility index (Phi) is 4.02. The van der Waals surface area contributed by atoms with Gasteiger partial charge in [0, 0.05) is 0 Å². The van der Waals surface area contributed by atoms with Crippen molar-refractivity contribution in [3.8, 4) is 0 Å². The van der Waals surface area contributed by atoms with Gasteiger partial charge in [0.25, 0.3) is 0 Å². The molecule has 0 saturated carbocycles. The van der Waals surface area contributed by atoms with Gasteiger partial charge in [0.05, 0.1) is 0 Å². The number of allylic oxidation sites excluding steroid dienone is 2. The van der Waals surface area contributed by atoms with E-state index in [1.165, 1.54) is 25.7 Å². The summed E-state index contributed by atoms with van der Waals surface area (Å²) in [6.45, 7) is 9.37. The molecule has 0 aromatic heterocycles. The van der Waals surface area contributed by atoms with Crippen LogP contribution in [0.25, 0.3) is 0 Å². The average Bonchev–Trinajstić information content (AvgIpc) is 2.11. The van der Waals surface area contributed by atoms with Crippen LogP contribution in [-0.2, 0) is 0 Å². The van der Waals surface area contributed by atoms with Gasteiger partial charge in [-0.25, -0.2) is 0 Å². The predicted molar refractivity (Wildman–Crippen MR) is 59.7 cm³/mol. The van der Waals surface area contributed by atoms with Crippen LogP contribution in [0.5, 0.6) is 0 Å². The van der Waals surface area contributed by atoms with Gasteiger partial charge in [0.2, 0.25) is 0 Å². The molecule has 0 heteroatoms. The number of hydrogen-bond acceptors (Lipinski definition) is 0. The van der Waals surface area contributed by atoms with Crippen molar-refractivity contribution in [2.45, 2.75) is 53.4 Å². The minimum Gasteiger partial charge on any atom is -0.0844 e. The Morgan fingerprint density at radius 1 is 1.31 bits per heavy atom. The van der Waals surface area contributed by atoms with Gasteiger partial charge >= 0.3 is 0 Å². The molecular weight excluding hydrogens is 156 g/mol. The Morgan fingerprint density at radius 2 is 2.00 bits per heavy atom. The smallest absolute Gasteiger partial charge is 0.0143 e. The van der Waals surface area contributed by atoms with E-state index in [1.54, 1.807) is 5.57 Å². The van der Waals surface area contributed by atoms with E-state index in [4.69, 9.17) is 0 Å². The fraction of sp³-hybridized carbons (Fsp3) is 0.846. The molecule has 1 rings (SSSR count).